The fourth-order valence-electron chi connectivity index (χ4n) is 2.12. The lowest BCUT2D eigenvalue weighted by atomic mass is 10.1. The fraction of sp³-hybridized carbons (Fsp3) is 0.714. The summed E-state index contributed by atoms with van der Waals surface area (Å²) in [6, 6.07) is 0. The highest BCUT2D eigenvalue weighted by Crippen LogP contribution is 2.22. The Morgan fingerprint density at radius 2 is 2.11 bits per heavy atom. The minimum absolute atomic E-state index is 0.648. The van der Waals surface area contributed by atoms with Crippen LogP contribution >= 0.6 is 0 Å². The molecule has 0 amide bonds. The summed E-state index contributed by atoms with van der Waals surface area (Å²) < 4.78 is 5.52. The highest BCUT2D eigenvalue weighted by molar-refractivity contribution is 5.47. The molecule has 0 saturated carbocycles. The summed E-state index contributed by atoms with van der Waals surface area (Å²) in [6.45, 7) is 6.74. The highest BCUT2D eigenvalue weighted by Gasteiger charge is 2.17. The topological polar surface area (TPSA) is 47.0 Å². The van der Waals surface area contributed by atoms with Gasteiger partial charge in [0.1, 0.15) is 11.6 Å². The van der Waals surface area contributed by atoms with Crippen LogP contribution in [-0.2, 0) is 24.2 Å². The average Bonchev–Trinajstić information content (AvgIpc) is 2.42. The molecule has 0 bridgehead atoms. The van der Waals surface area contributed by atoms with Gasteiger partial charge >= 0.3 is 0 Å². The lowest BCUT2D eigenvalue weighted by Crippen LogP contribution is -2.18. The first-order valence-electron chi connectivity index (χ1n) is 7.05. The first-order valence-corrected chi connectivity index (χ1v) is 7.05. The van der Waals surface area contributed by atoms with Crippen LogP contribution in [0.5, 0.6) is 0 Å². The summed E-state index contributed by atoms with van der Waals surface area (Å²) >= 11 is 0. The number of rotatable bonds is 6. The van der Waals surface area contributed by atoms with Crippen molar-refractivity contribution in [3.8, 4) is 0 Å². The third-order valence-corrected chi connectivity index (χ3v) is 3.17. The monoisotopic (exact) mass is 249 g/mol. The van der Waals surface area contributed by atoms with E-state index in [-0.39, 0.29) is 0 Å². The summed E-state index contributed by atoms with van der Waals surface area (Å²) in [5.74, 6) is 1.98. The summed E-state index contributed by atoms with van der Waals surface area (Å²) in [5.41, 5.74) is 2.34. The van der Waals surface area contributed by atoms with E-state index in [0.717, 1.165) is 56.0 Å². The maximum atomic E-state index is 5.52. The molecule has 0 saturated heterocycles. The molecule has 4 heteroatoms. The molecular weight excluding hydrogens is 226 g/mol. The third-order valence-electron chi connectivity index (χ3n) is 3.17. The molecule has 2 heterocycles. The van der Waals surface area contributed by atoms with Crippen LogP contribution in [0.2, 0.25) is 0 Å². The summed E-state index contributed by atoms with van der Waals surface area (Å²) in [6.07, 6.45) is 5.33. The number of anilines is 1. The Hall–Kier alpha value is -1.16. The molecule has 0 atom stereocenters. The Labute approximate surface area is 109 Å². The van der Waals surface area contributed by atoms with Crippen LogP contribution in [0.15, 0.2) is 0 Å². The van der Waals surface area contributed by atoms with E-state index in [1.807, 2.05) is 0 Å². The second-order valence-electron chi connectivity index (χ2n) is 4.75. The molecule has 0 unspecified atom stereocenters. The molecule has 1 aromatic heterocycles. The maximum absolute atomic E-state index is 5.52. The van der Waals surface area contributed by atoms with Gasteiger partial charge in [-0.2, -0.15) is 0 Å². The average molecular weight is 249 g/mol. The van der Waals surface area contributed by atoms with Crippen LogP contribution in [0.25, 0.3) is 0 Å². The third kappa shape index (κ3) is 3.19. The van der Waals surface area contributed by atoms with Gasteiger partial charge in [0.15, 0.2) is 0 Å². The van der Waals surface area contributed by atoms with E-state index in [2.05, 4.69) is 29.1 Å². The molecule has 18 heavy (non-hydrogen) atoms. The van der Waals surface area contributed by atoms with Crippen molar-refractivity contribution in [2.45, 2.75) is 52.6 Å². The van der Waals surface area contributed by atoms with E-state index >= 15 is 0 Å². The zero-order valence-electron chi connectivity index (χ0n) is 11.5. The largest absolute Gasteiger partial charge is 0.376 e. The number of unbranched alkanes of at least 4 members (excludes halogenated alkanes) is 1. The molecule has 1 N–H and O–H groups in total. The van der Waals surface area contributed by atoms with Gasteiger partial charge in [-0.15, -0.1) is 0 Å². The van der Waals surface area contributed by atoms with Crippen molar-refractivity contribution >= 4 is 5.82 Å². The smallest absolute Gasteiger partial charge is 0.135 e. The van der Waals surface area contributed by atoms with E-state index < -0.39 is 0 Å². The molecule has 0 aromatic carbocycles. The number of hydrogen-bond donors (Lipinski definition) is 1. The predicted molar refractivity (Wildman–Crippen MR) is 72.8 cm³/mol. The van der Waals surface area contributed by atoms with Gasteiger partial charge in [0, 0.05) is 24.9 Å². The van der Waals surface area contributed by atoms with Gasteiger partial charge in [-0.05, 0) is 12.8 Å². The Morgan fingerprint density at radius 1 is 1.22 bits per heavy atom. The van der Waals surface area contributed by atoms with Gasteiger partial charge in [0.05, 0.1) is 18.9 Å². The van der Waals surface area contributed by atoms with Crippen molar-refractivity contribution in [2.24, 2.45) is 0 Å². The number of aromatic nitrogens is 2. The first-order chi connectivity index (χ1) is 8.85. The zero-order valence-corrected chi connectivity index (χ0v) is 11.5. The van der Waals surface area contributed by atoms with E-state index in [9.17, 15) is 0 Å². The molecule has 0 fully saturated rings. The Morgan fingerprint density at radius 3 is 2.89 bits per heavy atom. The van der Waals surface area contributed by atoms with E-state index in [1.165, 1.54) is 12.1 Å². The van der Waals surface area contributed by atoms with E-state index in [1.54, 1.807) is 0 Å². The van der Waals surface area contributed by atoms with Crippen molar-refractivity contribution in [1.29, 1.82) is 0 Å². The lowest BCUT2D eigenvalue weighted by Gasteiger charge is -2.20. The fourth-order valence-corrected chi connectivity index (χ4v) is 2.12. The molecule has 2 rings (SSSR count). The van der Waals surface area contributed by atoms with Crippen LogP contribution in [0.3, 0.4) is 0 Å². The van der Waals surface area contributed by atoms with Gasteiger partial charge in [0.25, 0.3) is 0 Å². The Kier molecular flexibility index (Phi) is 4.93. The second-order valence-corrected chi connectivity index (χ2v) is 4.75. The Bertz CT molecular complexity index is 393. The quantitative estimate of drug-likeness (QED) is 0.842. The number of aryl methyl sites for hydroxylation is 1. The van der Waals surface area contributed by atoms with Gasteiger partial charge in [0.2, 0.25) is 0 Å². The molecule has 100 valence electrons. The molecule has 4 nitrogen and oxygen atoms in total. The minimum atomic E-state index is 0.648. The molecule has 1 aliphatic heterocycles. The molecule has 0 spiro atoms. The minimum Gasteiger partial charge on any atom is -0.376 e. The lowest BCUT2D eigenvalue weighted by molar-refractivity contribution is 0.109. The van der Waals surface area contributed by atoms with Crippen molar-refractivity contribution in [3.05, 3.63) is 17.1 Å². The molecular formula is C14H23N3O. The molecule has 0 aliphatic carbocycles. The zero-order chi connectivity index (χ0) is 12.8. The number of nitrogens with one attached hydrogen (secondary N) is 1. The number of hydrogen-bond acceptors (Lipinski definition) is 4. The van der Waals surface area contributed by atoms with Crippen molar-refractivity contribution in [2.75, 3.05) is 18.5 Å². The van der Waals surface area contributed by atoms with Gasteiger partial charge in [-0.1, -0.05) is 20.3 Å². The summed E-state index contributed by atoms with van der Waals surface area (Å²) in [5, 5.41) is 3.41. The van der Waals surface area contributed by atoms with Crippen LogP contribution in [-0.4, -0.2) is 23.1 Å². The number of fused-ring (bicyclic) bond motifs is 1. The SMILES string of the molecule is CCCCc1nc2c(c(NCCC)n1)COCC2. The van der Waals surface area contributed by atoms with Gasteiger partial charge in [-0.3, -0.25) is 0 Å². The van der Waals surface area contributed by atoms with Crippen molar-refractivity contribution < 1.29 is 4.74 Å². The molecule has 1 aromatic rings. The number of nitrogens with zero attached hydrogens (tertiary/aromatic N) is 2. The van der Waals surface area contributed by atoms with Crippen molar-refractivity contribution in [3.63, 3.8) is 0 Å². The first kappa shape index (κ1) is 13.3. The van der Waals surface area contributed by atoms with Gasteiger partial charge in [-0.25, -0.2) is 9.97 Å². The number of ether oxygens (including phenoxy) is 1. The summed E-state index contributed by atoms with van der Waals surface area (Å²) in [7, 11) is 0. The van der Waals surface area contributed by atoms with Gasteiger partial charge < -0.3 is 10.1 Å². The van der Waals surface area contributed by atoms with E-state index in [4.69, 9.17) is 4.74 Å². The van der Waals surface area contributed by atoms with Crippen LogP contribution < -0.4 is 5.32 Å². The molecule has 0 radical (unpaired) electrons. The normalized spacial score (nSPS) is 14.3. The standard InChI is InChI=1S/C14H23N3O/c1-3-5-6-13-16-12-7-9-18-10-11(12)14(17-13)15-8-4-2/h3-10H2,1-2H3,(H,15,16,17). The Balaban J connectivity index is 2.22. The van der Waals surface area contributed by atoms with Crippen LogP contribution in [0.4, 0.5) is 5.82 Å². The van der Waals surface area contributed by atoms with Crippen molar-refractivity contribution in [1.82, 2.24) is 9.97 Å². The highest BCUT2D eigenvalue weighted by atomic mass is 16.5. The maximum Gasteiger partial charge on any atom is 0.135 e. The summed E-state index contributed by atoms with van der Waals surface area (Å²) in [4.78, 5) is 9.35. The van der Waals surface area contributed by atoms with Crippen LogP contribution in [0, 0.1) is 0 Å². The van der Waals surface area contributed by atoms with E-state index in [0.29, 0.717) is 6.61 Å². The predicted octanol–water partition coefficient (Wildman–Crippen LogP) is 2.71. The van der Waals surface area contributed by atoms with Crippen LogP contribution in [0.1, 0.15) is 50.2 Å². The second kappa shape index (κ2) is 6.69. The molecule has 1 aliphatic rings.